The van der Waals surface area contributed by atoms with Gasteiger partial charge in [-0.1, -0.05) is 19.1 Å². The van der Waals surface area contributed by atoms with E-state index in [1.807, 2.05) is 18.4 Å². The standard InChI is InChI=1S/C16H19NO3S/c1-11(13-6-7-21-10-13)9-17-16(19)15(18)12-4-3-5-14(8-12)20-2/h3-8,10-11,15,18H,9H2,1-2H3,(H,17,19)/t11-,15+/m0/s1. The van der Waals surface area contributed by atoms with E-state index in [1.54, 1.807) is 42.7 Å². The molecule has 0 bridgehead atoms. The van der Waals surface area contributed by atoms with Gasteiger partial charge in [0.1, 0.15) is 5.75 Å². The van der Waals surface area contributed by atoms with Crippen molar-refractivity contribution in [2.75, 3.05) is 13.7 Å². The van der Waals surface area contributed by atoms with Crippen molar-refractivity contribution in [2.45, 2.75) is 18.9 Å². The summed E-state index contributed by atoms with van der Waals surface area (Å²) in [5.41, 5.74) is 1.71. The van der Waals surface area contributed by atoms with E-state index in [2.05, 4.69) is 10.7 Å². The summed E-state index contributed by atoms with van der Waals surface area (Å²) < 4.78 is 5.09. The second kappa shape index (κ2) is 7.24. The van der Waals surface area contributed by atoms with Crippen LogP contribution in [0.4, 0.5) is 0 Å². The molecule has 0 aliphatic carbocycles. The summed E-state index contributed by atoms with van der Waals surface area (Å²) in [5.74, 6) is 0.439. The molecule has 0 unspecified atom stereocenters. The van der Waals surface area contributed by atoms with Crippen LogP contribution in [0.3, 0.4) is 0 Å². The number of carbonyl (C=O) groups excluding carboxylic acids is 1. The smallest absolute Gasteiger partial charge is 0.253 e. The van der Waals surface area contributed by atoms with Gasteiger partial charge in [0.25, 0.3) is 5.91 Å². The van der Waals surface area contributed by atoms with Crippen LogP contribution in [0.1, 0.15) is 30.1 Å². The second-order valence-electron chi connectivity index (χ2n) is 4.88. The normalized spacial score (nSPS) is 13.5. The highest BCUT2D eigenvalue weighted by atomic mass is 32.1. The average molecular weight is 305 g/mol. The SMILES string of the molecule is COc1cccc([C@@H](O)C(=O)NC[C@H](C)c2ccsc2)c1. The van der Waals surface area contributed by atoms with Gasteiger partial charge in [-0.2, -0.15) is 11.3 Å². The van der Waals surface area contributed by atoms with Gasteiger partial charge in [-0.25, -0.2) is 0 Å². The summed E-state index contributed by atoms with van der Waals surface area (Å²) in [7, 11) is 1.55. The maximum Gasteiger partial charge on any atom is 0.253 e. The summed E-state index contributed by atoms with van der Waals surface area (Å²) in [4.78, 5) is 12.0. The first-order valence-electron chi connectivity index (χ1n) is 6.73. The highest BCUT2D eigenvalue weighted by Gasteiger charge is 2.18. The highest BCUT2D eigenvalue weighted by molar-refractivity contribution is 7.07. The van der Waals surface area contributed by atoms with Crippen LogP contribution in [0.5, 0.6) is 5.75 Å². The number of methoxy groups -OCH3 is 1. The molecule has 1 aromatic carbocycles. The minimum Gasteiger partial charge on any atom is -0.497 e. The molecule has 0 saturated heterocycles. The predicted octanol–water partition coefficient (Wildman–Crippen LogP) is 2.71. The van der Waals surface area contributed by atoms with Crippen LogP contribution in [0.2, 0.25) is 0 Å². The van der Waals surface area contributed by atoms with Crippen LogP contribution in [-0.2, 0) is 4.79 Å². The lowest BCUT2D eigenvalue weighted by molar-refractivity contribution is -0.129. The fourth-order valence-corrected chi connectivity index (χ4v) is 2.77. The maximum atomic E-state index is 12.0. The number of benzene rings is 1. The zero-order valence-electron chi connectivity index (χ0n) is 12.1. The van der Waals surface area contributed by atoms with Crippen molar-refractivity contribution >= 4 is 17.2 Å². The van der Waals surface area contributed by atoms with E-state index >= 15 is 0 Å². The van der Waals surface area contributed by atoms with E-state index in [-0.39, 0.29) is 5.92 Å². The van der Waals surface area contributed by atoms with Crippen molar-refractivity contribution < 1.29 is 14.6 Å². The topological polar surface area (TPSA) is 58.6 Å². The Labute approximate surface area is 128 Å². The van der Waals surface area contributed by atoms with Gasteiger partial charge < -0.3 is 15.2 Å². The lowest BCUT2D eigenvalue weighted by Crippen LogP contribution is -2.32. The van der Waals surface area contributed by atoms with Crippen molar-refractivity contribution in [1.29, 1.82) is 0 Å². The largest absolute Gasteiger partial charge is 0.497 e. The lowest BCUT2D eigenvalue weighted by atomic mass is 10.0. The number of hydrogen-bond acceptors (Lipinski definition) is 4. The molecular weight excluding hydrogens is 286 g/mol. The summed E-state index contributed by atoms with van der Waals surface area (Å²) >= 11 is 1.63. The number of aliphatic hydroxyl groups is 1. The van der Waals surface area contributed by atoms with E-state index in [1.165, 1.54) is 5.56 Å². The number of rotatable bonds is 6. The molecule has 0 fully saturated rings. The van der Waals surface area contributed by atoms with Crippen molar-refractivity contribution in [3.63, 3.8) is 0 Å². The van der Waals surface area contributed by atoms with Crippen LogP contribution in [0, 0.1) is 0 Å². The molecule has 2 aromatic rings. The number of thiophene rings is 1. The van der Waals surface area contributed by atoms with Gasteiger partial charge in [0.05, 0.1) is 7.11 Å². The Morgan fingerprint density at radius 1 is 1.38 bits per heavy atom. The van der Waals surface area contributed by atoms with E-state index < -0.39 is 12.0 Å². The van der Waals surface area contributed by atoms with Gasteiger partial charge in [0, 0.05) is 6.54 Å². The molecule has 1 amide bonds. The third-order valence-electron chi connectivity index (χ3n) is 3.35. The lowest BCUT2D eigenvalue weighted by Gasteiger charge is -2.15. The first kappa shape index (κ1) is 15.5. The molecule has 0 aliphatic heterocycles. The Morgan fingerprint density at radius 2 is 2.19 bits per heavy atom. The summed E-state index contributed by atoms with van der Waals surface area (Å²) in [6.45, 7) is 2.54. The van der Waals surface area contributed by atoms with Crippen LogP contribution in [0.15, 0.2) is 41.1 Å². The van der Waals surface area contributed by atoms with Crippen LogP contribution < -0.4 is 10.1 Å². The van der Waals surface area contributed by atoms with Gasteiger partial charge in [0.15, 0.2) is 6.10 Å². The molecule has 112 valence electrons. The van der Waals surface area contributed by atoms with Crippen molar-refractivity contribution in [3.8, 4) is 5.75 Å². The van der Waals surface area contributed by atoms with Crippen LogP contribution in [-0.4, -0.2) is 24.7 Å². The summed E-state index contributed by atoms with van der Waals surface area (Å²) in [6, 6.07) is 8.92. The highest BCUT2D eigenvalue weighted by Crippen LogP contribution is 2.20. The Bertz CT molecular complexity index is 583. The minimum absolute atomic E-state index is 0.220. The molecule has 0 spiro atoms. The molecule has 21 heavy (non-hydrogen) atoms. The molecule has 0 aliphatic rings. The van der Waals surface area contributed by atoms with Crippen LogP contribution >= 0.6 is 11.3 Å². The maximum absolute atomic E-state index is 12.0. The fraction of sp³-hybridized carbons (Fsp3) is 0.312. The Hall–Kier alpha value is -1.85. The first-order chi connectivity index (χ1) is 10.1. The molecular formula is C16H19NO3S. The number of nitrogens with one attached hydrogen (secondary N) is 1. The molecule has 2 rings (SSSR count). The van der Waals surface area contributed by atoms with Crippen molar-refractivity contribution in [3.05, 3.63) is 52.2 Å². The molecule has 2 N–H and O–H groups in total. The van der Waals surface area contributed by atoms with Gasteiger partial charge in [-0.05, 0) is 46.0 Å². The van der Waals surface area contributed by atoms with Gasteiger partial charge >= 0.3 is 0 Å². The number of ether oxygens (including phenoxy) is 1. The molecule has 0 radical (unpaired) electrons. The van der Waals surface area contributed by atoms with E-state index in [4.69, 9.17) is 4.74 Å². The Kier molecular flexibility index (Phi) is 5.36. The zero-order valence-corrected chi connectivity index (χ0v) is 12.9. The van der Waals surface area contributed by atoms with Gasteiger partial charge in [-0.15, -0.1) is 0 Å². The Morgan fingerprint density at radius 3 is 2.86 bits per heavy atom. The van der Waals surface area contributed by atoms with Crippen molar-refractivity contribution in [1.82, 2.24) is 5.32 Å². The predicted molar refractivity (Wildman–Crippen MR) is 83.7 cm³/mol. The molecule has 5 heteroatoms. The first-order valence-corrected chi connectivity index (χ1v) is 7.68. The molecule has 2 atom stereocenters. The number of aliphatic hydroxyl groups excluding tert-OH is 1. The number of hydrogen-bond donors (Lipinski definition) is 2. The van der Waals surface area contributed by atoms with Crippen LogP contribution in [0.25, 0.3) is 0 Å². The molecule has 0 saturated carbocycles. The van der Waals surface area contributed by atoms with E-state index in [0.717, 1.165) is 0 Å². The van der Waals surface area contributed by atoms with Crippen molar-refractivity contribution in [2.24, 2.45) is 0 Å². The third kappa shape index (κ3) is 4.06. The third-order valence-corrected chi connectivity index (χ3v) is 4.05. The molecule has 1 aromatic heterocycles. The number of carbonyl (C=O) groups is 1. The zero-order chi connectivity index (χ0) is 15.2. The quantitative estimate of drug-likeness (QED) is 0.862. The molecule has 1 heterocycles. The number of amides is 1. The second-order valence-corrected chi connectivity index (χ2v) is 5.66. The summed E-state index contributed by atoms with van der Waals surface area (Å²) in [6.07, 6.45) is -1.19. The minimum atomic E-state index is -1.19. The monoisotopic (exact) mass is 305 g/mol. The van der Waals surface area contributed by atoms with Gasteiger partial charge in [-0.3, -0.25) is 4.79 Å². The summed E-state index contributed by atoms with van der Waals surface area (Å²) in [5, 5.41) is 16.9. The average Bonchev–Trinajstić information content (AvgIpc) is 3.06. The Balaban J connectivity index is 1.93. The molecule has 4 nitrogen and oxygen atoms in total. The van der Waals surface area contributed by atoms with E-state index in [0.29, 0.717) is 17.9 Å². The van der Waals surface area contributed by atoms with Gasteiger partial charge in [0.2, 0.25) is 0 Å². The fourth-order valence-electron chi connectivity index (χ4n) is 1.99. The van der Waals surface area contributed by atoms with E-state index in [9.17, 15) is 9.90 Å².